The van der Waals surface area contributed by atoms with E-state index in [1.807, 2.05) is 27.8 Å². The van der Waals surface area contributed by atoms with Crippen LogP contribution in [0.2, 0.25) is 0 Å². The van der Waals surface area contributed by atoms with E-state index in [0.717, 1.165) is 66.4 Å². The molecule has 1 fully saturated rings. The minimum absolute atomic E-state index is 0.168. The normalized spacial score (nSPS) is 15.3. The Labute approximate surface area is 225 Å². The summed E-state index contributed by atoms with van der Waals surface area (Å²) in [5, 5.41) is 14.9. The lowest BCUT2D eigenvalue weighted by Gasteiger charge is -2.26. The van der Waals surface area contributed by atoms with Gasteiger partial charge in [-0.15, -0.1) is 0 Å². The predicted octanol–water partition coefficient (Wildman–Crippen LogP) is 5.35. The zero-order valence-electron chi connectivity index (χ0n) is 22.5. The van der Waals surface area contributed by atoms with Crippen LogP contribution in [-0.4, -0.2) is 63.8 Å². The van der Waals surface area contributed by atoms with E-state index < -0.39 is 0 Å². The van der Waals surface area contributed by atoms with Crippen molar-refractivity contribution >= 4 is 5.91 Å². The predicted molar refractivity (Wildman–Crippen MR) is 152 cm³/mol. The maximum Gasteiger partial charge on any atom is 0.230 e. The van der Waals surface area contributed by atoms with Crippen LogP contribution in [0.15, 0.2) is 78.9 Å². The van der Waals surface area contributed by atoms with Gasteiger partial charge in [-0.25, -0.2) is 4.68 Å². The van der Waals surface area contributed by atoms with Crippen LogP contribution in [0, 0.1) is 13.8 Å². The van der Waals surface area contributed by atoms with Crippen LogP contribution in [-0.2, 0) is 11.2 Å². The first kappa shape index (κ1) is 25.7. The number of phenolic OH excluding ortho intramolecular Hbond substituents is 1. The molecule has 0 bridgehead atoms. The Morgan fingerprint density at radius 1 is 0.895 bits per heavy atom. The Bertz CT molecular complexity index is 1330. The lowest BCUT2D eigenvalue weighted by Crippen LogP contribution is -2.38. The molecule has 2 heterocycles. The molecule has 4 aromatic rings. The van der Waals surface area contributed by atoms with Gasteiger partial charge in [-0.3, -0.25) is 4.79 Å². The second kappa shape index (κ2) is 11.2. The molecule has 0 aliphatic carbocycles. The first-order chi connectivity index (χ1) is 18.4. The van der Waals surface area contributed by atoms with Crippen LogP contribution >= 0.6 is 0 Å². The van der Waals surface area contributed by atoms with Crippen molar-refractivity contribution in [2.75, 3.05) is 33.2 Å². The van der Waals surface area contributed by atoms with Crippen LogP contribution in [0.4, 0.5) is 0 Å². The third kappa shape index (κ3) is 5.81. The van der Waals surface area contributed by atoms with Crippen molar-refractivity contribution in [3.63, 3.8) is 0 Å². The Morgan fingerprint density at radius 2 is 1.66 bits per heavy atom. The molecule has 196 valence electrons. The molecule has 1 atom stereocenters. The van der Waals surface area contributed by atoms with Crippen molar-refractivity contribution in [3.8, 4) is 22.7 Å². The van der Waals surface area contributed by atoms with Gasteiger partial charge in [0.2, 0.25) is 5.91 Å². The van der Waals surface area contributed by atoms with Gasteiger partial charge in [0.05, 0.1) is 23.0 Å². The van der Waals surface area contributed by atoms with Crippen molar-refractivity contribution in [1.82, 2.24) is 19.6 Å². The number of aromatic nitrogens is 2. The number of amides is 1. The summed E-state index contributed by atoms with van der Waals surface area (Å²) in [4.78, 5) is 18.4. The number of phenols is 1. The molecule has 1 aliphatic rings. The van der Waals surface area contributed by atoms with Crippen molar-refractivity contribution in [3.05, 3.63) is 101 Å². The minimum atomic E-state index is -0.313. The van der Waals surface area contributed by atoms with Gasteiger partial charge in [0, 0.05) is 31.6 Å². The fraction of sp³-hybridized carbons (Fsp3) is 0.312. The van der Waals surface area contributed by atoms with E-state index in [2.05, 4.69) is 74.3 Å². The number of benzene rings is 3. The summed E-state index contributed by atoms with van der Waals surface area (Å²) in [6, 6.07) is 25.9. The molecule has 6 heteroatoms. The topological polar surface area (TPSA) is 61.6 Å². The smallest absolute Gasteiger partial charge is 0.230 e. The summed E-state index contributed by atoms with van der Waals surface area (Å²) in [6.07, 6.45) is 1.49. The summed E-state index contributed by atoms with van der Waals surface area (Å²) in [5.41, 5.74) is 7.10. The van der Waals surface area contributed by atoms with Gasteiger partial charge in [-0.1, -0.05) is 59.7 Å². The quantitative estimate of drug-likeness (QED) is 0.381. The van der Waals surface area contributed by atoms with Crippen LogP contribution < -0.4 is 0 Å². The van der Waals surface area contributed by atoms with Gasteiger partial charge in [-0.05, 0) is 69.8 Å². The fourth-order valence-electron chi connectivity index (χ4n) is 5.18. The third-order valence-corrected chi connectivity index (χ3v) is 7.39. The zero-order valence-corrected chi connectivity index (χ0v) is 22.5. The van der Waals surface area contributed by atoms with Crippen molar-refractivity contribution in [2.45, 2.75) is 32.6 Å². The average molecular weight is 509 g/mol. The number of hydrogen-bond acceptors (Lipinski definition) is 4. The maximum atomic E-state index is 14.0. The number of nitrogens with zero attached hydrogens (tertiary/aromatic N) is 4. The van der Waals surface area contributed by atoms with E-state index in [4.69, 9.17) is 5.10 Å². The molecule has 1 unspecified atom stereocenters. The highest BCUT2D eigenvalue weighted by Gasteiger charge is 2.29. The van der Waals surface area contributed by atoms with Gasteiger partial charge < -0.3 is 14.9 Å². The van der Waals surface area contributed by atoms with Crippen LogP contribution in [0.1, 0.15) is 34.7 Å². The molecule has 5 rings (SSSR count). The van der Waals surface area contributed by atoms with E-state index in [9.17, 15) is 9.90 Å². The summed E-state index contributed by atoms with van der Waals surface area (Å²) in [5.74, 6) is 0.0699. The van der Waals surface area contributed by atoms with Crippen LogP contribution in [0.25, 0.3) is 16.9 Å². The molecule has 1 aromatic heterocycles. The summed E-state index contributed by atoms with van der Waals surface area (Å²) < 4.78 is 1.91. The van der Waals surface area contributed by atoms with Gasteiger partial charge in [-0.2, -0.15) is 5.10 Å². The average Bonchev–Trinajstić information content (AvgIpc) is 3.21. The summed E-state index contributed by atoms with van der Waals surface area (Å²) in [6.45, 7) is 7.57. The number of rotatable bonds is 6. The second-order valence-electron chi connectivity index (χ2n) is 10.5. The fourth-order valence-corrected chi connectivity index (χ4v) is 5.18. The van der Waals surface area contributed by atoms with E-state index in [1.165, 1.54) is 5.56 Å². The Hall–Kier alpha value is -3.90. The van der Waals surface area contributed by atoms with Crippen molar-refractivity contribution in [2.24, 2.45) is 0 Å². The highest BCUT2D eigenvalue weighted by atomic mass is 16.3. The largest absolute Gasteiger partial charge is 0.508 e. The van der Waals surface area contributed by atoms with Crippen molar-refractivity contribution in [1.29, 1.82) is 0 Å². The summed E-state index contributed by atoms with van der Waals surface area (Å²) in [7, 11) is 2.12. The van der Waals surface area contributed by atoms with E-state index in [0.29, 0.717) is 6.42 Å². The number of likely N-dealkylation sites (N-methyl/N-ethyl adjacent to an activating group) is 1. The van der Waals surface area contributed by atoms with Gasteiger partial charge in [0.25, 0.3) is 0 Å². The highest BCUT2D eigenvalue weighted by molar-refractivity contribution is 5.84. The first-order valence-electron chi connectivity index (χ1n) is 13.4. The number of aryl methyl sites for hydroxylation is 2. The Balaban J connectivity index is 1.54. The third-order valence-electron chi connectivity index (χ3n) is 7.39. The number of aromatic hydroxyl groups is 1. The molecule has 0 spiro atoms. The van der Waals surface area contributed by atoms with Crippen molar-refractivity contribution < 1.29 is 9.90 Å². The van der Waals surface area contributed by atoms with E-state index in [1.54, 1.807) is 12.1 Å². The SMILES string of the molecule is Cc1ccc(-c2cc(CC(C(=O)N3CCCN(C)CC3)c3cccc(C)c3)nn2-c2ccc(O)cc2)cc1. The number of carbonyl (C=O) groups excluding carboxylic acids is 1. The Kier molecular flexibility index (Phi) is 7.61. The minimum Gasteiger partial charge on any atom is -0.508 e. The standard InChI is InChI=1S/C32H36N4O2/c1-23-8-10-25(11-9-23)31-22-27(33-36(31)28-12-14-29(37)15-13-28)21-30(26-7-4-6-24(2)20-26)32(38)35-17-5-16-34(3)18-19-35/h4,6-15,20,22,30,37H,5,16-19,21H2,1-3H3. The van der Waals surface area contributed by atoms with Gasteiger partial charge in [0.1, 0.15) is 5.75 Å². The zero-order chi connectivity index (χ0) is 26.6. The lowest BCUT2D eigenvalue weighted by molar-refractivity contribution is -0.132. The van der Waals surface area contributed by atoms with E-state index >= 15 is 0 Å². The monoisotopic (exact) mass is 508 g/mol. The molecule has 0 saturated carbocycles. The number of hydrogen-bond donors (Lipinski definition) is 1. The molecule has 1 aliphatic heterocycles. The molecule has 0 radical (unpaired) electrons. The lowest BCUT2D eigenvalue weighted by atomic mass is 9.91. The molecular weight excluding hydrogens is 472 g/mol. The van der Waals surface area contributed by atoms with Crippen LogP contribution in [0.3, 0.4) is 0 Å². The molecule has 1 saturated heterocycles. The number of carbonyl (C=O) groups is 1. The van der Waals surface area contributed by atoms with Crippen LogP contribution in [0.5, 0.6) is 5.75 Å². The molecular formula is C32H36N4O2. The van der Waals surface area contributed by atoms with E-state index in [-0.39, 0.29) is 17.6 Å². The second-order valence-corrected chi connectivity index (χ2v) is 10.5. The highest BCUT2D eigenvalue weighted by Crippen LogP contribution is 2.30. The molecule has 1 N–H and O–H groups in total. The summed E-state index contributed by atoms with van der Waals surface area (Å²) >= 11 is 0. The molecule has 3 aromatic carbocycles. The maximum absolute atomic E-state index is 14.0. The Morgan fingerprint density at radius 3 is 2.39 bits per heavy atom. The van der Waals surface area contributed by atoms with Gasteiger partial charge in [0.15, 0.2) is 0 Å². The molecule has 38 heavy (non-hydrogen) atoms. The first-order valence-corrected chi connectivity index (χ1v) is 13.4. The molecule has 1 amide bonds. The van der Waals surface area contributed by atoms with Gasteiger partial charge >= 0.3 is 0 Å². The molecule has 6 nitrogen and oxygen atoms in total.